The second-order valence-corrected chi connectivity index (χ2v) is 3.66. The summed E-state index contributed by atoms with van der Waals surface area (Å²) in [6, 6.07) is -0.186. The summed E-state index contributed by atoms with van der Waals surface area (Å²) < 4.78 is 0. The summed E-state index contributed by atoms with van der Waals surface area (Å²) >= 11 is 0. The molecule has 3 nitrogen and oxygen atoms in total. The van der Waals surface area contributed by atoms with Crippen molar-refractivity contribution in [3.8, 4) is 0 Å². The van der Waals surface area contributed by atoms with Crippen molar-refractivity contribution in [3.05, 3.63) is 6.92 Å². The van der Waals surface area contributed by atoms with E-state index in [-0.39, 0.29) is 6.04 Å². The fourth-order valence-electron chi connectivity index (χ4n) is 1.44. The summed E-state index contributed by atoms with van der Waals surface area (Å²) in [6.07, 6.45) is 6.67. The van der Waals surface area contributed by atoms with Crippen LogP contribution in [0.5, 0.6) is 0 Å². The number of nitrogens with one attached hydrogen (secondary N) is 1. The van der Waals surface area contributed by atoms with Gasteiger partial charge in [0.1, 0.15) is 0 Å². The Kier molecular flexibility index (Phi) is 8.64. The highest BCUT2D eigenvalue weighted by molar-refractivity contribution is 5.46. The lowest BCUT2D eigenvalue weighted by Gasteiger charge is -2.18. The highest BCUT2D eigenvalue weighted by Crippen LogP contribution is 2.08. The summed E-state index contributed by atoms with van der Waals surface area (Å²) in [5.41, 5.74) is 0. The Morgan fingerprint density at radius 1 is 1.36 bits per heavy atom. The monoisotopic (exact) mass is 200 g/mol. The lowest BCUT2D eigenvalue weighted by molar-refractivity contribution is -0.110. The molecule has 0 aliphatic rings. The first-order chi connectivity index (χ1) is 6.72. The number of hydrogen-bond donors (Lipinski definition) is 2. The first kappa shape index (κ1) is 13.4. The molecule has 0 aromatic rings. The maximum atomic E-state index is 10.2. The molecule has 0 bridgehead atoms. The minimum absolute atomic E-state index is 0.186. The minimum Gasteiger partial charge on any atom is -0.391 e. The fraction of sp³-hybridized carbons (Fsp3) is 0.818. The predicted octanol–water partition coefficient (Wildman–Crippen LogP) is 1.66. The van der Waals surface area contributed by atoms with Crippen LogP contribution in [0.15, 0.2) is 0 Å². The topological polar surface area (TPSA) is 49.3 Å². The maximum absolute atomic E-state index is 10.2. The van der Waals surface area contributed by atoms with Crippen molar-refractivity contribution in [2.24, 2.45) is 0 Å². The van der Waals surface area contributed by atoms with Gasteiger partial charge in [0.2, 0.25) is 6.41 Å². The third kappa shape index (κ3) is 6.89. The van der Waals surface area contributed by atoms with Gasteiger partial charge in [-0.1, -0.05) is 39.0 Å². The van der Waals surface area contributed by atoms with Crippen molar-refractivity contribution in [2.75, 3.05) is 0 Å². The molecular weight excluding hydrogens is 178 g/mol. The van der Waals surface area contributed by atoms with E-state index in [1.807, 2.05) is 0 Å². The number of carbonyl (C=O) groups is 1. The highest BCUT2D eigenvalue weighted by Gasteiger charge is 2.12. The van der Waals surface area contributed by atoms with Crippen molar-refractivity contribution in [2.45, 2.75) is 57.6 Å². The van der Waals surface area contributed by atoms with Crippen LogP contribution in [0.4, 0.5) is 0 Å². The first-order valence-corrected chi connectivity index (χ1v) is 5.43. The van der Waals surface area contributed by atoms with Crippen LogP contribution in [0.2, 0.25) is 0 Å². The molecule has 0 aromatic carbocycles. The standard InChI is InChI=1S/C11H22NO2/c1-3-4-5-6-7-8-11(10(2)14)12-9-13/h9-11,14H,2-8H2,1H3,(H,12,13). The van der Waals surface area contributed by atoms with Gasteiger partial charge in [0.25, 0.3) is 0 Å². The number of aliphatic hydroxyl groups excluding tert-OH is 1. The Morgan fingerprint density at radius 2 is 2.00 bits per heavy atom. The van der Waals surface area contributed by atoms with Crippen molar-refractivity contribution in [3.63, 3.8) is 0 Å². The molecule has 0 spiro atoms. The quantitative estimate of drug-likeness (QED) is 0.439. The van der Waals surface area contributed by atoms with Gasteiger partial charge in [-0.2, -0.15) is 0 Å². The van der Waals surface area contributed by atoms with Gasteiger partial charge in [-0.05, 0) is 13.3 Å². The molecule has 2 N–H and O–H groups in total. The summed E-state index contributed by atoms with van der Waals surface area (Å²) in [4.78, 5) is 10.2. The van der Waals surface area contributed by atoms with Gasteiger partial charge in [-0.15, -0.1) is 0 Å². The van der Waals surface area contributed by atoms with Crippen molar-refractivity contribution in [1.29, 1.82) is 0 Å². The van der Waals surface area contributed by atoms with Crippen molar-refractivity contribution >= 4 is 6.41 Å². The molecule has 2 unspecified atom stereocenters. The summed E-state index contributed by atoms with van der Waals surface area (Å²) in [5.74, 6) is 0. The normalized spacial score (nSPS) is 14.8. The van der Waals surface area contributed by atoms with Gasteiger partial charge in [0, 0.05) is 0 Å². The van der Waals surface area contributed by atoms with E-state index in [0.29, 0.717) is 6.41 Å². The lowest BCUT2D eigenvalue weighted by Crippen LogP contribution is -2.37. The molecule has 3 heteroatoms. The molecular formula is C11H22NO2. The highest BCUT2D eigenvalue weighted by atomic mass is 16.3. The number of unbranched alkanes of at least 4 members (excludes halogenated alkanes) is 4. The molecule has 1 amide bonds. The van der Waals surface area contributed by atoms with E-state index in [4.69, 9.17) is 0 Å². The largest absolute Gasteiger partial charge is 0.391 e. The zero-order valence-electron chi connectivity index (χ0n) is 9.04. The zero-order chi connectivity index (χ0) is 10.8. The van der Waals surface area contributed by atoms with Gasteiger partial charge in [-0.3, -0.25) is 4.79 Å². The predicted molar refractivity (Wildman–Crippen MR) is 57.7 cm³/mol. The molecule has 0 aliphatic heterocycles. The number of rotatable bonds is 9. The van der Waals surface area contributed by atoms with Crippen LogP contribution in [0.1, 0.15) is 45.4 Å². The third-order valence-corrected chi connectivity index (χ3v) is 2.37. The average Bonchev–Trinajstić information content (AvgIpc) is 2.15. The number of carbonyl (C=O) groups excluding carboxylic acids is 1. The molecule has 0 heterocycles. The van der Waals surface area contributed by atoms with Crippen LogP contribution < -0.4 is 5.32 Å². The van der Waals surface area contributed by atoms with Crippen LogP contribution in [-0.2, 0) is 4.79 Å². The van der Waals surface area contributed by atoms with Crippen molar-refractivity contribution < 1.29 is 9.90 Å². The molecule has 1 radical (unpaired) electrons. The molecule has 0 fully saturated rings. The molecule has 0 saturated carbocycles. The second-order valence-electron chi connectivity index (χ2n) is 3.66. The van der Waals surface area contributed by atoms with Crippen molar-refractivity contribution in [1.82, 2.24) is 5.32 Å². The van der Waals surface area contributed by atoms with E-state index in [9.17, 15) is 9.90 Å². The van der Waals surface area contributed by atoms with Gasteiger partial charge < -0.3 is 10.4 Å². The molecule has 0 saturated heterocycles. The van der Waals surface area contributed by atoms with Gasteiger partial charge in [0.05, 0.1) is 12.1 Å². The zero-order valence-corrected chi connectivity index (χ0v) is 9.04. The van der Waals surface area contributed by atoms with E-state index in [1.54, 1.807) is 0 Å². The van der Waals surface area contributed by atoms with Crippen LogP contribution >= 0.6 is 0 Å². The second kappa shape index (κ2) is 9.00. The van der Waals surface area contributed by atoms with E-state index in [0.717, 1.165) is 19.3 Å². The Labute approximate surface area is 86.9 Å². The Balaban J connectivity index is 3.45. The van der Waals surface area contributed by atoms with E-state index >= 15 is 0 Å². The Hall–Kier alpha value is -0.570. The van der Waals surface area contributed by atoms with Crippen LogP contribution in [0.25, 0.3) is 0 Å². The summed E-state index contributed by atoms with van der Waals surface area (Å²) in [6.45, 7) is 5.68. The Morgan fingerprint density at radius 3 is 2.50 bits per heavy atom. The fourth-order valence-corrected chi connectivity index (χ4v) is 1.44. The maximum Gasteiger partial charge on any atom is 0.207 e. The number of aliphatic hydroxyl groups is 1. The smallest absolute Gasteiger partial charge is 0.207 e. The summed E-state index contributed by atoms with van der Waals surface area (Å²) in [7, 11) is 0. The molecule has 0 aliphatic carbocycles. The molecule has 83 valence electrons. The molecule has 0 rings (SSSR count). The first-order valence-electron chi connectivity index (χ1n) is 5.43. The number of hydrogen-bond acceptors (Lipinski definition) is 2. The average molecular weight is 200 g/mol. The van der Waals surface area contributed by atoms with Crippen LogP contribution in [0.3, 0.4) is 0 Å². The van der Waals surface area contributed by atoms with Gasteiger partial charge >= 0.3 is 0 Å². The molecule has 2 atom stereocenters. The van der Waals surface area contributed by atoms with E-state index < -0.39 is 6.10 Å². The van der Waals surface area contributed by atoms with E-state index in [2.05, 4.69) is 19.2 Å². The van der Waals surface area contributed by atoms with Crippen LogP contribution in [-0.4, -0.2) is 23.7 Å². The minimum atomic E-state index is -0.702. The third-order valence-electron chi connectivity index (χ3n) is 2.37. The van der Waals surface area contributed by atoms with E-state index in [1.165, 1.54) is 19.3 Å². The van der Waals surface area contributed by atoms with Gasteiger partial charge in [0.15, 0.2) is 0 Å². The van der Waals surface area contributed by atoms with Crippen LogP contribution in [0, 0.1) is 6.92 Å². The number of amides is 1. The summed E-state index contributed by atoms with van der Waals surface area (Å²) in [5, 5.41) is 11.8. The Bertz CT molecular complexity index is 137. The SMILES string of the molecule is [CH2]C(O)C(CCCCCCC)NC=O. The van der Waals surface area contributed by atoms with Gasteiger partial charge in [-0.25, -0.2) is 0 Å². The lowest BCUT2D eigenvalue weighted by atomic mass is 10.0. The molecule has 14 heavy (non-hydrogen) atoms. The molecule has 0 aromatic heterocycles.